The van der Waals surface area contributed by atoms with Gasteiger partial charge in [-0.15, -0.1) is 0 Å². The van der Waals surface area contributed by atoms with Gasteiger partial charge in [-0.1, -0.05) is 19.8 Å². The van der Waals surface area contributed by atoms with E-state index in [1.165, 1.54) is 45.1 Å². The molecular weight excluding hydrogens is 264 g/mol. The van der Waals surface area contributed by atoms with E-state index in [2.05, 4.69) is 17.1 Å². The van der Waals surface area contributed by atoms with Crippen molar-refractivity contribution >= 4 is 0 Å². The molecule has 0 spiro atoms. The van der Waals surface area contributed by atoms with Crippen molar-refractivity contribution in [2.24, 2.45) is 5.41 Å². The molecule has 3 rings (SSSR count). The fourth-order valence-corrected chi connectivity index (χ4v) is 4.39. The number of rotatable bonds is 5. The first-order chi connectivity index (χ1) is 10.3. The second-order valence-corrected chi connectivity index (χ2v) is 7.12. The lowest BCUT2D eigenvalue weighted by Crippen LogP contribution is -2.57. The molecule has 0 radical (unpaired) electrons. The van der Waals surface area contributed by atoms with E-state index in [1.54, 1.807) is 0 Å². The predicted molar refractivity (Wildman–Crippen MR) is 84.6 cm³/mol. The minimum absolute atomic E-state index is 0.410. The van der Waals surface area contributed by atoms with Crippen LogP contribution in [-0.4, -0.2) is 63.0 Å². The molecule has 1 saturated carbocycles. The van der Waals surface area contributed by atoms with Crippen LogP contribution in [0.2, 0.25) is 0 Å². The fraction of sp³-hybridized carbons (Fsp3) is 1.00. The Morgan fingerprint density at radius 2 is 1.95 bits per heavy atom. The number of hydrogen-bond donors (Lipinski definition) is 1. The molecule has 0 aromatic heterocycles. The van der Waals surface area contributed by atoms with Gasteiger partial charge in [0.1, 0.15) is 0 Å². The van der Waals surface area contributed by atoms with Crippen LogP contribution >= 0.6 is 0 Å². The number of hydrogen-bond acceptors (Lipinski definition) is 4. The monoisotopic (exact) mass is 296 g/mol. The SMILES string of the molecule is CCNCC1(CN2CCOC3CCCCC32)CCOCC1. The smallest absolute Gasteiger partial charge is 0.0730 e. The van der Waals surface area contributed by atoms with Gasteiger partial charge in [0.25, 0.3) is 0 Å². The van der Waals surface area contributed by atoms with Crippen molar-refractivity contribution in [2.75, 3.05) is 46.0 Å². The molecule has 3 aliphatic rings. The Labute approximate surface area is 129 Å². The third-order valence-electron chi connectivity index (χ3n) is 5.69. The number of nitrogens with one attached hydrogen (secondary N) is 1. The number of nitrogens with zero attached hydrogens (tertiary/aromatic N) is 1. The highest BCUT2D eigenvalue weighted by molar-refractivity contribution is 4.93. The molecule has 2 heterocycles. The van der Waals surface area contributed by atoms with Gasteiger partial charge in [-0.3, -0.25) is 4.90 Å². The number of morpholine rings is 1. The quantitative estimate of drug-likeness (QED) is 0.842. The average molecular weight is 296 g/mol. The maximum atomic E-state index is 6.03. The Hall–Kier alpha value is -0.160. The van der Waals surface area contributed by atoms with Crippen molar-refractivity contribution in [1.82, 2.24) is 10.2 Å². The summed E-state index contributed by atoms with van der Waals surface area (Å²) < 4.78 is 11.7. The maximum Gasteiger partial charge on any atom is 0.0730 e. The fourth-order valence-electron chi connectivity index (χ4n) is 4.39. The van der Waals surface area contributed by atoms with Crippen LogP contribution in [-0.2, 0) is 9.47 Å². The van der Waals surface area contributed by atoms with Gasteiger partial charge >= 0.3 is 0 Å². The molecule has 1 aliphatic carbocycles. The maximum absolute atomic E-state index is 6.03. The van der Waals surface area contributed by atoms with E-state index in [1.807, 2.05) is 0 Å². The third-order valence-corrected chi connectivity index (χ3v) is 5.69. The van der Waals surface area contributed by atoms with Crippen LogP contribution in [0.25, 0.3) is 0 Å². The van der Waals surface area contributed by atoms with Crippen LogP contribution in [0.1, 0.15) is 45.4 Å². The van der Waals surface area contributed by atoms with Gasteiger partial charge in [-0.05, 0) is 37.6 Å². The first-order valence-electron chi connectivity index (χ1n) is 8.97. The zero-order valence-corrected chi connectivity index (χ0v) is 13.6. The lowest BCUT2D eigenvalue weighted by Gasteiger charge is -2.49. The van der Waals surface area contributed by atoms with E-state index >= 15 is 0 Å². The van der Waals surface area contributed by atoms with E-state index < -0.39 is 0 Å². The third kappa shape index (κ3) is 3.79. The van der Waals surface area contributed by atoms with Crippen molar-refractivity contribution in [3.8, 4) is 0 Å². The molecule has 122 valence electrons. The summed E-state index contributed by atoms with van der Waals surface area (Å²) in [5, 5.41) is 3.61. The Morgan fingerprint density at radius 1 is 1.14 bits per heavy atom. The number of ether oxygens (including phenoxy) is 2. The summed E-state index contributed by atoms with van der Waals surface area (Å²) in [5.74, 6) is 0. The molecule has 0 bridgehead atoms. The second kappa shape index (κ2) is 7.40. The molecule has 3 fully saturated rings. The van der Waals surface area contributed by atoms with Gasteiger partial charge in [0.15, 0.2) is 0 Å². The van der Waals surface area contributed by atoms with Crippen molar-refractivity contribution in [3.63, 3.8) is 0 Å². The lowest BCUT2D eigenvalue weighted by atomic mass is 9.78. The molecule has 0 amide bonds. The zero-order valence-electron chi connectivity index (χ0n) is 13.6. The van der Waals surface area contributed by atoms with Gasteiger partial charge in [0, 0.05) is 38.9 Å². The van der Waals surface area contributed by atoms with Crippen LogP contribution in [0, 0.1) is 5.41 Å². The van der Waals surface area contributed by atoms with Crippen LogP contribution in [0.5, 0.6) is 0 Å². The van der Waals surface area contributed by atoms with E-state index in [4.69, 9.17) is 9.47 Å². The van der Waals surface area contributed by atoms with Gasteiger partial charge in [-0.2, -0.15) is 0 Å². The Kier molecular flexibility index (Phi) is 5.54. The van der Waals surface area contributed by atoms with Crippen molar-refractivity contribution in [1.29, 1.82) is 0 Å². The highest BCUT2D eigenvalue weighted by atomic mass is 16.5. The van der Waals surface area contributed by atoms with Crippen molar-refractivity contribution in [3.05, 3.63) is 0 Å². The van der Waals surface area contributed by atoms with Gasteiger partial charge in [-0.25, -0.2) is 0 Å². The lowest BCUT2D eigenvalue weighted by molar-refractivity contribution is -0.108. The van der Waals surface area contributed by atoms with Crippen molar-refractivity contribution < 1.29 is 9.47 Å². The summed E-state index contributed by atoms with van der Waals surface area (Å²) in [4.78, 5) is 2.76. The Morgan fingerprint density at radius 3 is 2.76 bits per heavy atom. The Balaban J connectivity index is 1.65. The first kappa shape index (κ1) is 15.7. The highest BCUT2D eigenvalue weighted by Gasteiger charge is 2.40. The van der Waals surface area contributed by atoms with Gasteiger partial charge < -0.3 is 14.8 Å². The summed E-state index contributed by atoms with van der Waals surface area (Å²) >= 11 is 0. The van der Waals surface area contributed by atoms with Gasteiger partial charge in [0.05, 0.1) is 12.7 Å². The number of fused-ring (bicyclic) bond motifs is 1. The molecule has 2 saturated heterocycles. The van der Waals surface area contributed by atoms with Crippen LogP contribution in [0.4, 0.5) is 0 Å². The minimum Gasteiger partial charge on any atom is -0.381 e. The first-order valence-corrected chi connectivity index (χ1v) is 8.97. The van der Waals surface area contributed by atoms with Gasteiger partial charge in [0.2, 0.25) is 0 Å². The molecule has 2 atom stereocenters. The second-order valence-electron chi connectivity index (χ2n) is 7.12. The predicted octanol–water partition coefficient (Wildman–Crippen LogP) is 2.04. The molecule has 21 heavy (non-hydrogen) atoms. The minimum atomic E-state index is 0.410. The normalized spacial score (nSPS) is 33.6. The van der Waals surface area contributed by atoms with Crippen LogP contribution < -0.4 is 5.32 Å². The van der Waals surface area contributed by atoms with Crippen LogP contribution in [0.3, 0.4) is 0 Å². The average Bonchev–Trinajstić information content (AvgIpc) is 2.54. The summed E-state index contributed by atoms with van der Waals surface area (Å²) in [6, 6.07) is 0.675. The molecule has 2 unspecified atom stereocenters. The molecule has 4 heteroatoms. The molecule has 4 nitrogen and oxygen atoms in total. The summed E-state index contributed by atoms with van der Waals surface area (Å²) in [6.45, 7) is 9.56. The highest BCUT2D eigenvalue weighted by Crippen LogP contribution is 2.35. The van der Waals surface area contributed by atoms with E-state index in [0.717, 1.165) is 39.5 Å². The molecule has 1 N–H and O–H groups in total. The molecule has 0 aromatic carbocycles. The van der Waals surface area contributed by atoms with E-state index in [0.29, 0.717) is 17.6 Å². The topological polar surface area (TPSA) is 33.7 Å². The largest absolute Gasteiger partial charge is 0.381 e. The van der Waals surface area contributed by atoms with Crippen LogP contribution in [0.15, 0.2) is 0 Å². The molecule has 0 aromatic rings. The summed E-state index contributed by atoms with van der Waals surface area (Å²) in [5.41, 5.74) is 0.410. The zero-order chi connectivity index (χ0) is 14.5. The Bertz CT molecular complexity index is 316. The van der Waals surface area contributed by atoms with Crippen molar-refractivity contribution in [2.45, 2.75) is 57.6 Å². The molecular formula is C17H32N2O2. The van der Waals surface area contributed by atoms with E-state index in [-0.39, 0.29) is 0 Å². The summed E-state index contributed by atoms with van der Waals surface area (Å²) in [6.07, 6.45) is 8.24. The standard InChI is InChI=1S/C17H32N2O2/c1-2-18-13-17(7-10-20-11-8-17)14-19-9-12-21-16-6-4-3-5-15(16)19/h15-16,18H,2-14H2,1H3. The van der Waals surface area contributed by atoms with E-state index in [9.17, 15) is 0 Å². The molecule has 2 aliphatic heterocycles. The summed E-state index contributed by atoms with van der Waals surface area (Å²) in [7, 11) is 0.